The molecule has 3 heterocycles. The Labute approximate surface area is 152 Å². The second-order valence-corrected chi connectivity index (χ2v) is 8.75. The summed E-state index contributed by atoms with van der Waals surface area (Å²) in [4.78, 5) is 18.6. The van der Waals surface area contributed by atoms with Crippen molar-refractivity contribution in [1.82, 2.24) is 24.0 Å². The molecule has 1 saturated carbocycles. The number of nitrogens with zero attached hydrogens (tertiary/aromatic N) is 5. The first-order chi connectivity index (χ1) is 12.5. The van der Waals surface area contributed by atoms with E-state index in [1.807, 2.05) is 19.4 Å². The molecular weight excluding hydrogens is 354 g/mol. The summed E-state index contributed by atoms with van der Waals surface area (Å²) in [5.41, 5.74) is 1.10. The van der Waals surface area contributed by atoms with Gasteiger partial charge >= 0.3 is 0 Å². The van der Waals surface area contributed by atoms with E-state index >= 15 is 0 Å². The van der Waals surface area contributed by atoms with Gasteiger partial charge in [0.05, 0.1) is 6.20 Å². The molecule has 4 rings (SSSR count). The van der Waals surface area contributed by atoms with Crippen LogP contribution in [-0.4, -0.2) is 64.5 Å². The molecule has 2 unspecified atom stereocenters. The molecule has 2 fully saturated rings. The molecule has 9 heteroatoms. The van der Waals surface area contributed by atoms with Crippen LogP contribution in [0.2, 0.25) is 0 Å². The van der Waals surface area contributed by atoms with Crippen LogP contribution in [0, 0.1) is 5.92 Å². The van der Waals surface area contributed by atoms with Gasteiger partial charge in [0.1, 0.15) is 4.90 Å². The Morgan fingerprint density at radius 2 is 1.96 bits per heavy atom. The van der Waals surface area contributed by atoms with Gasteiger partial charge in [-0.3, -0.25) is 14.5 Å². The van der Waals surface area contributed by atoms with E-state index in [-0.39, 0.29) is 22.6 Å². The number of aryl methyl sites for hydroxylation is 1. The van der Waals surface area contributed by atoms with Gasteiger partial charge in [0.15, 0.2) is 0 Å². The fraction of sp³-hybridized carbons (Fsp3) is 0.471. The highest BCUT2D eigenvalue weighted by Crippen LogP contribution is 2.48. The molecule has 2 aromatic rings. The van der Waals surface area contributed by atoms with E-state index in [2.05, 4.69) is 10.1 Å². The van der Waals surface area contributed by atoms with E-state index in [0.29, 0.717) is 26.2 Å². The van der Waals surface area contributed by atoms with Crippen molar-refractivity contribution >= 4 is 15.9 Å². The average Bonchev–Trinajstić information content (AvgIpc) is 3.35. The monoisotopic (exact) mass is 375 g/mol. The van der Waals surface area contributed by atoms with Crippen LogP contribution >= 0.6 is 0 Å². The number of hydrogen-bond donors (Lipinski definition) is 0. The fourth-order valence-electron chi connectivity index (χ4n) is 3.50. The Morgan fingerprint density at radius 1 is 1.19 bits per heavy atom. The number of piperazine rings is 1. The van der Waals surface area contributed by atoms with Gasteiger partial charge in [0.2, 0.25) is 15.9 Å². The Hall–Kier alpha value is -2.26. The Morgan fingerprint density at radius 3 is 2.58 bits per heavy atom. The molecule has 1 aliphatic heterocycles. The maximum Gasteiger partial charge on any atom is 0.244 e. The summed E-state index contributed by atoms with van der Waals surface area (Å²) >= 11 is 0. The molecule has 26 heavy (non-hydrogen) atoms. The molecule has 0 N–H and O–H groups in total. The van der Waals surface area contributed by atoms with E-state index in [4.69, 9.17) is 0 Å². The maximum atomic E-state index is 12.7. The normalized spacial score (nSPS) is 23.8. The number of amides is 1. The number of rotatable bonds is 4. The highest BCUT2D eigenvalue weighted by atomic mass is 32.2. The molecule has 1 saturated heterocycles. The van der Waals surface area contributed by atoms with Crippen molar-refractivity contribution in [3.63, 3.8) is 0 Å². The van der Waals surface area contributed by atoms with E-state index in [1.54, 1.807) is 27.9 Å². The molecule has 8 nitrogen and oxygen atoms in total. The van der Waals surface area contributed by atoms with Gasteiger partial charge < -0.3 is 4.90 Å². The average molecular weight is 375 g/mol. The van der Waals surface area contributed by atoms with Crippen LogP contribution in [-0.2, 0) is 21.9 Å². The van der Waals surface area contributed by atoms with E-state index in [1.165, 1.54) is 10.5 Å². The predicted molar refractivity (Wildman–Crippen MR) is 93.6 cm³/mol. The predicted octanol–water partition coefficient (Wildman–Crippen LogP) is 0.452. The number of carbonyl (C=O) groups excluding carboxylic acids is 1. The van der Waals surface area contributed by atoms with Crippen LogP contribution in [0.15, 0.2) is 41.8 Å². The summed E-state index contributed by atoms with van der Waals surface area (Å²) < 4.78 is 28.4. The lowest BCUT2D eigenvalue weighted by molar-refractivity contribution is -0.133. The molecule has 0 bridgehead atoms. The number of pyridine rings is 1. The SMILES string of the molecule is Cn1cc(C2CC2C(=O)N2CCN(S(=O)(=O)c3cccnc3)CC2)cn1. The Balaban J connectivity index is 1.36. The summed E-state index contributed by atoms with van der Waals surface area (Å²) in [6.07, 6.45) is 7.52. The number of sulfonamides is 1. The van der Waals surface area contributed by atoms with Gasteiger partial charge in [-0.05, 0) is 30.0 Å². The zero-order valence-electron chi connectivity index (χ0n) is 14.5. The van der Waals surface area contributed by atoms with Crippen molar-refractivity contribution < 1.29 is 13.2 Å². The molecule has 138 valence electrons. The zero-order valence-corrected chi connectivity index (χ0v) is 15.3. The minimum atomic E-state index is -3.54. The van der Waals surface area contributed by atoms with Crippen molar-refractivity contribution in [2.45, 2.75) is 17.2 Å². The van der Waals surface area contributed by atoms with Crippen molar-refractivity contribution in [3.05, 3.63) is 42.5 Å². The topological polar surface area (TPSA) is 88.4 Å². The third-order valence-corrected chi connectivity index (χ3v) is 6.97. The molecule has 0 spiro atoms. The van der Waals surface area contributed by atoms with Crippen LogP contribution in [0.4, 0.5) is 0 Å². The van der Waals surface area contributed by atoms with Gasteiger partial charge in [-0.15, -0.1) is 0 Å². The molecule has 0 radical (unpaired) electrons. The second-order valence-electron chi connectivity index (χ2n) is 6.81. The van der Waals surface area contributed by atoms with Crippen molar-refractivity contribution in [3.8, 4) is 0 Å². The van der Waals surface area contributed by atoms with Gasteiger partial charge in [0, 0.05) is 57.7 Å². The molecule has 1 amide bonds. The maximum absolute atomic E-state index is 12.7. The first-order valence-electron chi connectivity index (χ1n) is 8.64. The third-order valence-electron chi connectivity index (χ3n) is 5.08. The molecule has 0 aromatic carbocycles. The van der Waals surface area contributed by atoms with Crippen LogP contribution < -0.4 is 0 Å². The summed E-state index contributed by atoms with van der Waals surface area (Å²) in [7, 11) is -1.68. The van der Waals surface area contributed by atoms with E-state index in [9.17, 15) is 13.2 Å². The smallest absolute Gasteiger partial charge is 0.244 e. The van der Waals surface area contributed by atoms with Crippen LogP contribution in [0.3, 0.4) is 0 Å². The zero-order chi connectivity index (χ0) is 18.3. The lowest BCUT2D eigenvalue weighted by atomic mass is 10.2. The van der Waals surface area contributed by atoms with Gasteiger partial charge in [-0.1, -0.05) is 0 Å². The first-order valence-corrected chi connectivity index (χ1v) is 10.1. The lowest BCUT2D eigenvalue weighted by Crippen LogP contribution is -2.51. The molecular formula is C17H21N5O3S. The van der Waals surface area contributed by atoms with Gasteiger partial charge in [0.25, 0.3) is 0 Å². The summed E-state index contributed by atoms with van der Waals surface area (Å²) in [6.45, 7) is 1.48. The van der Waals surface area contributed by atoms with E-state index in [0.717, 1.165) is 12.0 Å². The van der Waals surface area contributed by atoms with Gasteiger partial charge in [-0.25, -0.2) is 8.42 Å². The highest BCUT2D eigenvalue weighted by molar-refractivity contribution is 7.89. The fourth-order valence-corrected chi connectivity index (χ4v) is 4.89. The first kappa shape index (κ1) is 17.2. The Kier molecular flexibility index (Phi) is 4.28. The third kappa shape index (κ3) is 3.12. The molecule has 2 aromatic heterocycles. The van der Waals surface area contributed by atoms with Crippen LogP contribution in [0.5, 0.6) is 0 Å². The molecule has 2 atom stereocenters. The molecule has 1 aliphatic carbocycles. The number of hydrogen-bond acceptors (Lipinski definition) is 5. The number of carbonyl (C=O) groups is 1. The summed E-state index contributed by atoms with van der Waals surface area (Å²) in [5, 5.41) is 4.16. The van der Waals surface area contributed by atoms with Crippen molar-refractivity contribution in [1.29, 1.82) is 0 Å². The second kappa shape index (κ2) is 6.48. The largest absolute Gasteiger partial charge is 0.340 e. The van der Waals surface area contributed by atoms with Gasteiger partial charge in [-0.2, -0.15) is 9.40 Å². The number of aromatic nitrogens is 3. The Bertz CT molecular complexity index is 903. The summed E-state index contributed by atoms with van der Waals surface area (Å²) in [5.74, 6) is 0.367. The standard InChI is InChI=1S/C17H21N5O3S/c1-20-12-13(10-19-20)15-9-16(15)17(23)21-5-7-22(8-6-21)26(24,25)14-3-2-4-18-11-14/h2-4,10-12,15-16H,5-9H2,1H3. The quantitative estimate of drug-likeness (QED) is 0.774. The molecule has 2 aliphatic rings. The van der Waals surface area contributed by atoms with Crippen molar-refractivity contribution in [2.75, 3.05) is 26.2 Å². The minimum absolute atomic E-state index is 0.000630. The lowest BCUT2D eigenvalue weighted by Gasteiger charge is -2.34. The highest BCUT2D eigenvalue weighted by Gasteiger charge is 2.47. The van der Waals surface area contributed by atoms with E-state index < -0.39 is 10.0 Å². The van der Waals surface area contributed by atoms with Crippen LogP contribution in [0.25, 0.3) is 0 Å². The van der Waals surface area contributed by atoms with Crippen LogP contribution in [0.1, 0.15) is 17.9 Å². The minimum Gasteiger partial charge on any atom is -0.340 e. The van der Waals surface area contributed by atoms with Crippen molar-refractivity contribution in [2.24, 2.45) is 13.0 Å². The summed E-state index contributed by atoms with van der Waals surface area (Å²) in [6, 6.07) is 3.15.